The number of rotatable bonds is 1. The fourth-order valence-electron chi connectivity index (χ4n) is 1.53. The molecule has 1 saturated carbocycles. The van der Waals surface area contributed by atoms with Gasteiger partial charge in [0, 0.05) is 11.6 Å². The Kier molecular flexibility index (Phi) is 7.54. The summed E-state index contributed by atoms with van der Waals surface area (Å²) in [6.07, 6.45) is 4.81. The van der Waals surface area contributed by atoms with Crippen molar-refractivity contribution in [1.29, 1.82) is 0 Å². The van der Waals surface area contributed by atoms with Gasteiger partial charge in [-0.25, -0.2) is 0 Å². The van der Waals surface area contributed by atoms with Crippen LogP contribution in [-0.4, -0.2) is 18.6 Å². The van der Waals surface area contributed by atoms with E-state index in [2.05, 4.69) is 12.2 Å². The summed E-state index contributed by atoms with van der Waals surface area (Å²) in [4.78, 5) is 0. The second-order valence-corrected chi connectivity index (χ2v) is 3.65. The molecule has 0 radical (unpaired) electrons. The van der Waals surface area contributed by atoms with E-state index >= 15 is 0 Å². The van der Waals surface area contributed by atoms with E-state index in [9.17, 15) is 0 Å². The Labute approximate surface area is 87.5 Å². The maximum atomic E-state index is 5.78. The van der Waals surface area contributed by atoms with Gasteiger partial charge < -0.3 is 11.1 Å². The Morgan fingerprint density at radius 3 is 2.00 bits per heavy atom. The second kappa shape index (κ2) is 6.03. The van der Waals surface area contributed by atoms with Crippen LogP contribution in [0.25, 0.3) is 0 Å². The Morgan fingerprint density at radius 2 is 1.67 bits per heavy atom. The Morgan fingerprint density at radius 1 is 1.25 bits per heavy atom. The number of hydrogen-bond donors (Lipinski definition) is 2. The average Bonchev–Trinajstić information content (AvgIpc) is 1.96. The summed E-state index contributed by atoms with van der Waals surface area (Å²) >= 11 is 0. The zero-order valence-electron chi connectivity index (χ0n) is 7.80. The van der Waals surface area contributed by atoms with Gasteiger partial charge in [0.1, 0.15) is 0 Å². The fraction of sp³-hybridized carbons (Fsp3) is 1.00. The molecule has 0 spiro atoms. The van der Waals surface area contributed by atoms with Crippen LogP contribution in [0.1, 0.15) is 32.6 Å². The highest BCUT2D eigenvalue weighted by atomic mass is 35.5. The third kappa shape index (κ3) is 3.94. The molecule has 0 saturated heterocycles. The zero-order chi connectivity index (χ0) is 7.61. The molecule has 12 heavy (non-hydrogen) atoms. The van der Waals surface area contributed by atoms with E-state index in [0.29, 0.717) is 11.6 Å². The molecule has 0 bridgehead atoms. The van der Waals surface area contributed by atoms with E-state index < -0.39 is 0 Å². The molecule has 1 aliphatic carbocycles. The van der Waals surface area contributed by atoms with Crippen molar-refractivity contribution < 1.29 is 0 Å². The normalized spacial score (nSPS) is 34.8. The highest BCUT2D eigenvalue weighted by Crippen LogP contribution is 2.26. The lowest BCUT2D eigenvalue weighted by Gasteiger charge is -2.35. The zero-order valence-corrected chi connectivity index (χ0v) is 9.43. The minimum Gasteiger partial charge on any atom is -0.328 e. The average molecular weight is 215 g/mol. The minimum absolute atomic E-state index is 0. The van der Waals surface area contributed by atoms with Crippen molar-refractivity contribution >= 4 is 24.8 Å². The molecule has 1 aliphatic rings. The van der Waals surface area contributed by atoms with Gasteiger partial charge in [-0.2, -0.15) is 0 Å². The molecular weight excluding hydrogens is 195 g/mol. The SMILES string of the molecule is CNC1(C)CCC(N)CC1.Cl.Cl. The van der Waals surface area contributed by atoms with Crippen LogP contribution >= 0.6 is 24.8 Å². The van der Waals surface area contributed by atoms with Gasteiger partial charge in [0.2, 0.25) is 0 Å². The maximum absolute atomic E-state index is 5.78. The van der Waals surface area contributed by atoms with Gasteiger partial charge in [0.05, 0.1) is 0 Å². The van der Waals surface area contributed by atoms with Gasteiger partial charge in [-0.15, -0.1) is 24.8 Å². The molecule has 76 valence electrons. The van der Waals surface area contributed by atoms with E-state index in [0.717, 1.165) is 0 Å². The van der Waals surface area contributed by atoms with E-state index in [1.54, 1.807) is 0 Å². The number of nitrogens with two attached hydrogens (primary N) is 1. The number of nitrogens with one attached hydrogen (secondary N) is 1. The van der Waals surface area contributed by atoms with Crippen molar-refractivity contribution in [2.45, 2.75) is 44.2 Å². The summed E-state index contributed by atoms with van der Waals surface area (Å²) in [6, 6.07) is 0.460. The first-order valence-corrected chi connectivity index (χ1v) is 4.11. The molecule has 2 nitrogen and oxygen atoms in total. The van der Waals surface area contributed by atoms with Gasteiger partial charge >= 0.3 is 0 Å². The quantitative estimate of drug-likeness (QED) is 0.698. The van der Waals surface area contributed by atoms with E-state index in [4.69, 9.17) is 5.73 Å². The third-order valence-electron chi connectivity index (χ3n) is 2.74. The maximum Gasteiger partial charge on any atom is 0.0151 e. The largest absolute Gasteiger partial charge is 0.328 e. The summed E-state index contributed by atoms with van der Waals surface area (Å²) in [5, 5.41) is 3.35. The van der Waals surface area contributed by atoms with Crippen LogP contribution in [0.4, 0.5) is 0 Å². The van der Waals surface area contributed by atoms with Crippen molar-refractivity contribution in [3.63, 3.8) is 0 Å². The lowest BCUT2D eigenvalue weighted by Crippen LogP contribution is -2.45. The first-order chi connectivity index (χ1) is 4.66. The van der Waals surface area contributed by atoms with Crippen LogP contribution in [0, 0.1) is 0 Å². The Hall–Kier alpha value is 0.500. The molecule has 0 amide bonds. The smallest absolute Gasteiger partial charge is 0.0151 e. The molecule has 3 N–H and O–H groups in total. The van der Waals surface area contributed by atoms with E-state index in [-0.39, 0.29) is 24.8 Å². The summed E-state index contributed by atoms with van der Waals surface area (Å²) in [5.41, 5.74) is 6.15. The lowest BCUT2D eigenvalue weighted by atomic mass is 9.81. The number of halogens is 2. The highest BCUT2D eigenvalue weighted by Gasteiger charge is 2.27. The third-order valence-corrected chi connectivity index (χ3v) is 2.74. The lowest BCUT2D eigenvalue weighted by molar-refractivity contribution is 0.252. The Bertz CT molecular complexity index is 112. The summed E-state index contributed by atoms with van der Waals surface area (Å²) in [6.45, 7) is 2.28. The van der Waals surface area contributed by atoms with E-state index in [1.807, 2.05) is 7.05 Å². The van der Waals surface area contributed by atoms with Crippen molar-refractivity contribution in [3.05, 3.63) is 0 Å². The molecule has 0 heterocycles. The molecule has 0 aliphatic heterocycles. The minimum atomic E-state index is 0. The fourth-order valence-corrected chi connectivity index (χ4v) is 1.53. The molecule has 1 rings (SSSR count). The Balaban J connectivity index is 0. The summed E-state index contributed by atoms with van der Waals surface area (Å²) in [5.74, 6) is 0. The van der Waals surface area contributed by atoms with Gasteiger partial charge in [-0.05, 0) is 39.7 Å². The topological polar surface area (TPSA) is 38.0 Å². The van der Waals surface area contributed by atoms with Crippen LogP contribution in [0.3, 0.4) is 0 Å². The van der Waals surface area contributed by atoms with Crippen molar-refractivity contribution in [2.24, 2.45) is 5.73 Å². The first kappa shape index (κ1) is 15.0. The standard InChI is InChI=1S/C8H18N2.2ClH/c1-8(10-2)5-3-7(9)4-6-8;;/h7,10H,3-6,9H2,1-2H3;2*1H. The predicted octanol–water partition coefficient (Wildman–Crippen LogP) is 1.71. The summed E-state index contributed by atoms with van der Waals surface area (Å²) < 4.78 is 0. The molecule has 4 heteroatoms. The monoisotopic (exact) mass is 214 g/mol. The van der Waals surface area contributed by atoms with Gasteiger partial charge in [-0.1, -0.05) is 0 Å². The van der Waals surface area contributed by atoms with Crippen LogP contribution in [0.2, 0.25) is 0 Å². The molecule has 1 fully saturated rings. The van der Waals surface area contributed by atoms with Crippen molar-refractivity contribution in [2.75, 3.05) is 7.05 Å². The van der Waals surface area contributed by atoms with Gasteiger partial charge in [0.25, 0.3) is 0 Å². The summed E-state index contributed by atoms with van der Waals surface area (Å²) in [7, 11) is 2.04. The molecule has 0 aromatic heterocycles. The van der Waals surface area contributed by atoms with Crippen molar-refractivity contribution in [3.8, 4) is 0 Å². The van der Waals surface area contributed by atoms with Gasteiger partial charge in [-0.3, -0.25) is 0 Å². The second-order valence-electron chi connectivity index (χ2n) is 3.65. The van der Waals surface area contributed by atoms with Crippen LogP contribution in [0.5, 0.6) is 0 Å². The van der Waals surface area contributed by atoms with Crippen LogP contribution in [0.15, 0.2) is 0 Å². The van der Waals surface area contributed by atoms with Crippen molar-refractivity contribution in [1.82, 2.24) is 5.32 Å². The van der Waals surface area contributed by atoms with Crippen LogP contribution < -0.4 is 11.1 Å². The van der Waals surface area contributed by atoms with Gasteiger partial charge in [0.15, 0.2) is 0 Å². The molecule has 0 aromatic rings. The highest BCUT2D eigenvalue weighted by molar-refractivity contribution is 5.85. The molecule has 0 unspecified atom stereocenters. The molecule has 0 atom stereocenters. The first-order valence-electron chi connectivity index (χ1n) is 4.11. The van der Waals surface area contributed by atoms with Crippen LogP contribution in [-0.2, 0) is 0 Å². The predicted molar refractivity (Wildman–Crippen MR) is 58.4 cm³/mol. The molecular formula is C8H20Cl2N2. The number of hydrogen-bond acceptors (Lipinski definition) is 2. The van der Waals surface area contributed by atoms with E-state index in [1.165, 1.54) is 25.7 Å². The molecule has 0 aromatic carbocycles.